The second-order valence-corrected chi connectivity index (χ2v) is 7.62. The Labute approximate surface area is 187 Å². The molecule has 2 heterocycles. The number of hydrogen-bond acceptors (Lipinski definition) is 8. The van der Waals surface area contributed by atoms with Gasteiger partial charge in [-0.1, -0.05) is 29.1 Å². The van der Waals surface area contributed by atoms with Crippen molar-refractivity contribution in [2.75, 3.05) is 23.5 Å². The number of thioether (sulfide) groups is 1. The van der Waals surface area contributed by atoms with Gasteiger partial charge in [-0.15, -0.1) is 5.10 Å². The molecule has 0 saturated heterocycles. The molecule has 2 aromatic carbocycles. The average molecular weight is 449 g/mol. The number of methoxy groups -OCH3 is 1. The van der Waals surface area contributed by atoms with Gasteiger partial charge in [0.15, 0.2) is 11.2 Å². The summed E-state index contributed by atoms with van der Waals surface area (Å²) in [5.74, 6) is 0.400. The van der Waals surface area contributed by atoms with Crippen LogP contribution in [0, 0.1) is 0 Å². The van der Waals surface area contributed by atoms with Crippen LogP contribution in [0.4, 0.5) is 11.4 Å². The molecule has 0 aliphatic heterocycles. The van der Waals surface area contributed by atoms with E-state index < -0.39 is 0 Å². The maximum atomic E-state index is 12.4. The second kappa shape index (κ2) is 9.43. The van der Waals surface area contributed by atoms with Crippen molar-refractivity contribution in [3.05, 3.63) is 54.9 Å². The van der Waals surface area contributed by atoms with Crippen molar-refractivity contribution in [2.45, 2.75) is 11.9 Å². The van der Waals surface area contributed by atoms with E-state index in [0.29, 0.717) is 33.3 Å². The van der Waals surface area contributed by atoms with Crippen LogP contribution < -0.4 is 15.4 Å². The van der Waals surface area contributed by atoms with Crippen molar-refractivity contribution in [3.8, 4) is 11.4 Å². The lowest BCUT2D eigenvalue weighted by molar-refractivity contribution is -0.114. The van der Waals surface area contributed by atoms with Crippen molar-refractivity contribution >= 4 is 46.1 Å². The summed E-state index contributed by atoms with van der Waals surface area (Å²) in [6.07, 6.45) is 1.42. The highest BCUT2D eigenvalue weighted by molar-refractivity contribution is 8.00. The number of carbonyl (C=O) groups is 2. The monoisotopic (exact) mass is 449 g/mol. The number of carbonyl (C=O) groups excluding carboxylic acids is 2. The molecule has 2 amide bonds. The minimum atomic E-state index is -0.220. The van der Waals surface area contributed by atoms with Gasteiger partial charge in [0.05, 0.1) is 18.6 Å². The van der Waals surface area contributed by atoms with E-state index in [4.69, 9.17) is 4.74 Å². The van der Waals surface area contributed by atoms with Crippen LogP contribution in [0.5, 0.6) is 5.75 Å². The average Bonchev–Trinajstić information content (AvgIpc) is 3.22. The fourth-order valence-corrected chi connectivity index (χ4v) is 3.69. The van der Waals surface area contributed by atoms with Gasteiger partial charge in [0, 0.05) is 24.4 Å². The molecule has 0 saturated carbocycles. The second-order valence-electron chi connectivity index (χ2n) is 6.65. The van der Waals surface area contributed by atoms with E-state index in [1.54, 1.807) is 36.1 Å². The van der Waals surface area contributed by atoms with E-state index in [-0.39, 0.29) is 17.6 Å². The lowest BCUT2D eigenvalue weighted by Gasteiger charge is -2.08. The molecule has 11 heteroatoms. The van der Waals surface area contributed by atoms with E-state index in [2.05, 4.69) is 30.9 Å². The smallest absolute Gasteiger partial charge is 0.234 e. The first-order valence-corrected chi connectivity index (χ1v) is 10.5. The molecular weight excluding hydrogens is 430 g/mol. The van der Waals surface area contributed by atoms with E-state index in [9.17, 15) is 9.59 Å². The van der Waals surface area contributed by atoms with Gasteiger partial charge < -0.3 is 15.4 Å². The highest BCUT2D eigenvalue weighted by atomic mass is 32.2. The molecule has 0 radical (unpaired) electrons. The van der Waals surface area contributed by atoms with Gasteiger partial charge in [-0.2, -0.15) is 4.68 Å². The molecule has 4 aromatic rings. The van der Waals surface area contributed by atoms with Crippen molar-refractivity contribution in [1.29, 1.82) is 0 Å². The SMILES string of the molecule is COc1cccc(-n2nnc3c(SCC(=O)Nc4cccc(NC(C)=O)c4)ncnc32)c1. The minimum absolute atomic E-state index is 0.114. The number of aromatic nitrogens is 5. The normalized spacial score (nSPS) is 10.7. The lowest BCUT2D eigenvalue weighted by Crippen LogP contribution is -2.14. The molecule has 32 heavy (non-hydrogen) atoms. The number of anilines is 2. The number of fused-ring (bicyclic) bond motifs is 1. The first kappa shape index (κ1) is 21.2. The van der Waals surface area contributed by atoms with Crippen molar-refractivity contribution in [1.82, 2.24) is 25.0 Å². The van der Waals surface area contributed by atoms with Gasteiger partial charge >= 0.3 is 0 Å². The Bertz CT molecular complexity index is 1290. The van der Waals surface area contributed by atoms with Crippen LogP contribution in [0.15, 0.2) is 59.9 Å². The molecule has 0 spiro atoms. The van der Waals surface area contributed by atoms with Crippen LogP contribution >= 0.6 is 11.8 Å². The van der Waals surface area contributed by atoms with Crippen molar-refractivity contribution in [2.24, 2.45) is 0 Å². The van der Waals surface area contributed by atoms with E-state index in [1.807, 2.05) is 24.3 Å². The molecule has 10 nitrogen and oxygen atoms in total. The Morgan fingerprint density at radius 2 is 1.84 bits per heavy atom. The number of rotatable bonds is 7. The Morgan fingerprint density at radius 1 is 1.06 bits per heavy atom. The molecule has 0 bridgehead atoms. The van der Waals surface area contributed by atoms with Crippen LogP contribution in [-0.2, 0) is 9.59 Å². The van der Waals surface area contributed by atoms with Crippen LogP contribution in [0.3, 0.4) is 0 Å². The zero-order valence-electron chi connectivity index (χ0n) is 17.3. The summed E-state index contributed by atoms with van der Waals surface area (Å²) in [6.45, 7) is 1.43. The summed E-state index contributed by atoms with van der Waals surface area (Å²) in [4.78, 5) is 32.2. The quantitative estimate of drug-likeness (QED) is 0.326. The van der Waals surface area contributed by atoms with Crippen molar-refractivity contribution < 1.29 is 14.3 Å². The number of nitrogens with zero attached hydrogens (tertiary/aromatic N) is 5. The predicted molar refractivity (Wildman–Crippen MR) is 121 cm³/mol. The fraction of sp³-hybridized carbons (Fsp3) is 0.143. The van der Waals surface area contributed by atoms with Crippen LogP contribution in [0.2, 0.25) is 0 Å². The Morgan fingerprint density at radius 3 is 2.62 bits per heavy atom. The summed E-state index contributed by atoms with van der Waals surface area (Å²) in [5.41, 5.74) is 2.96. The van der Waals surface area contributed by atoms with Crippen LogP contribution in [-0.4, -0.2) is 49.6 Å². The van der Waals surface area contributed by atoms with E-state index in [1.165, 1.54) is 25.0 Å². The van der Waals surface area contributed by atoms with Gasteiger partial charge in [0.1, 0.15) is 17.1 Å². The van der Waals surface area contributed by atoms with Crippen LogP contribution in [0.1, 0.15) is 6.92 Å². The van der Waals surface area contributed by atoms with E-state index in [0.717, 1.165) is 5.69 Å². The molecular formula is C21H19N7O3S. The first-order valence-electron chi connectivity index (χ1n) is 9.54. The standard InChI is InChI=1S/C21H19N7O3S/c1-13(29)24-14-5-3-6-15(9-14)25-18(30)11-32-21-19-20(22-12-23-21)28(27-26-19)16-7-4-8-17(10-16)31-2/h3-10,12H,11H2,1-2H3,(H,24,29)(H,25,30). The maximum Gasteiger partial charge on any atom is 0.234 e. The highest BCUT2D eigenvalue weighted by Gasteiger charge is 2.15. The largest absolute Gasteiger partial charge is 0.497 e. The summed E-state index contributed by atoms with van der Waals surface area (Å²) >= 11 is 1.23. The van der Waals surface area contributed by atoms with Crippen LogP contribution in [0.25, 0.3) is 16.9 Å². The fourth-order valence-electron chi connectivity index (χ4n) is 2.96. The van der Waals surface area contributed by atoms with Gasteiger partial charge in [0.2, 0.25) is 11.8 Å². The Kier molecular flexibility index (Phi) is 6.26. The lowest BCUT2D eigenvalue weighted by atomic mass is 10.2. The van der Waals surface area contributed by atoms with Gasteiger partial charge in [0.25, 0.3) is 0 Å². The number of nitrogens with one attached hydrogen (secondary N) is 2. The third-order valence-corrected chi connectivity index (χ3v) is 5.29. The summed E-state index contributed by atoms with van der Waals surface area (Å²) in [7, 11) is 1.59. The summed E-state index contributed by atoms with van der Waals surface area (Å²) in [6, 6.07) is 14.3. The molecule has 0 atom stereocenters. The molecule has 0 unspecified atom stereocenters. The third-order valence-electron chi connectivity index (χ3n) is 4.31. The number of hydrogen-bond donors (Lipinski definition) is 2. The van der Waals surface area contributed by atoms with E-state index >= 15 is 0 Å². The number of amides is 2. The molecule has 0 aliphatic carbocycles. The zero-order chi connectivity index (χ0) is 22.5. The summed E-state index contributed by atoms with van der Waals surface area (Å²) < 4.78 is 6.86. The Balaban J connectivity index is 1.47. The molecule has 4 rings (SSSR count). The molecule has 0 fully saturated rings. The molecule has 162 valence electrons. The van der Waals surface area contributed by atoms with Crippen molar-refractivity contribution in [3.63, 3.8) is 0 Å². The highest BCUT2D eigenvalue weighted by Crippen LogP contribution is 2.25. The maximum absolute atomic E-state index is 12.4. The van der Waals surface area contributed by atoms with Gasteiger partial charge in [-0.25, -0.2) is 9.97 Å². The minimum Gasteiger partial charge on any atom is -0.497 e. The van der Waals surface area contributed by atoms with Gasteiger partial charge in [-0.3, -0.25) is 9.59 Å². The summed E-state index contributed by atoms with van der Waals surface area (Å²) in [5, 5.41) is 14.4. The van der Waals surface area contributed by atoms with Gasteiger partial charge in [-0.05, 0) is 30.3 Å². The number of benzene rings is 2. The zero-order valence-corrected chi connectivity index (χ0v) is 18.1. The molecule has 2 N–H and O–H groups in total. The molecule has 2 aromatic heterocycles. The third kappa shape index (κ3) is 4.83. The number of ether oxygens (including phenoxy) is 1. The Hall–Kier alpha value is -3.99. The first-order chi connectivity index (χ1) is 15.5. The predicted octanol–water partition coefficient (Wildman–Crippen LogP) is 2.91. The molecule has 0 aliphatic rings. The topological polar surface area (TPSA) is 124 Å².